The standard InChI is InChI=1S/C34H32N8/c1-23-19-27(25(3)41(23)29-13-7-5-8-14-29)21-35-37-33-31-17-11-12-18-32(31)34(40-39-33)38-36-22-28-20-24(2)42(26(28)4)30-15-9-6-10-16-30/h5-22H,1-4H3,(H,37,39)(H,38,40)/b35-21-,36-22-. The minimum atomic E-state index is 0.605. The topological polar surface area (TPSA) is 90.9 Å². The molecule has 8 nitrogen and oxygen atoms in total. The van der Waals surface area contributed by atoms with Gasteiger partial charge in [-0.15, -0.1) is 10.2 Å². The number of aromatic nitrogens is 4. The highest BCUT2D eigenvalue weighted by atomic mass is 15.3. The van der Waals surface area contributed by atoms with Gasteiger partial charge in [0.1, 0.15) is 0 Å². The average Bonchev–Trinajstić information content (AvgIpc) is 3.46. The third-order valence-corrected chi connectivity index (χ3v) is 7.42. The van der Waals surface area contributed by atoms with Gasteiger partial charge in [0.05, 0.1) is 12.4 Å². The fourth-order valence-corrected chi connectivity index (χ4v) is 5.39. The van der Waals surface area contributed by atoms with Gasteiger partial charge in [0, 0.05) is 56.0 Å². The van der Waals surface area contributed by atoms with Crippen LogP contribution in [0.5, 0.6) is 0 Å². The Morgan fingerprint density at radius 3 is 1.31 bits per heavy atom. The maximum absolute atomic E-state index is 4.49. The number of para-hydroxylation sites is 2. The van der Waals surface area contributed by atoms with E-state index in [4.69, 9.17) is 0 Å². The molecular weight excluding hydrogens is 520 g/mol. The van der Waals surface area contributed by atoms with Crippen molar-refractivity contribution in [2.75, 3.05) is 0 Å². The Morgan fingerprint density at radius 1 is 0.524 bits per heavy atom. The maximum Gasteiger partial charge on any atom is 0.175 e. The van der Waals surface area contributed by atoms with Gasteiger partial charge < -0.3 is 9.13 Å². The number of benzene rings is 3. The highest BCUT2D eigenvalue weighted by molar-refractivity contribution is 5.83. The summed E-state index contributed by atoms with van der Waals surface area (Å²) in [6.45, 7) is 8.37. The molecule has 2 N–H and O–H groups in total. The Bertz CT molecular complexity index is 1920. The first-order chi connectivity index (χ1) is 20.5. The van der Waals surface area contributed by atoms with Crippen LogP contribution in [0.4, 0.5) is 0 Å². The summed E-state index contributed by atoms with van der Waals surface area (Å²) in [6.07, 6.45) is 3.58. The van der Waals surface area contributed by atoms with Crippen molar-refractivity contribution in [1.82, 2.24) is 19.3 Å². The van der Waals surface area contributed by atoms with Crippen molar-refractivity contribution in [3.8, 4) is 11.4 Å². The van der Waals surface area contributed by atoms with Crippen LogP contribution in [0, 0.1) is 27.7 Å². The summed E-state index contributed by atoms with van der Waals surface area (Å²) in [7, 11) is 0. The first-order valence-electron chi connectivity index (χ1n) is 13.8. The fraction of sp³-hybridized carbons (Fsp3) is 0.118. The Kier molecular flexibility index (Phi) is 7.34. The van der Waals surface area contributed by atoms with Gasteiger partial charge in [-0.05, 0) is 64.1 Å². The normalized spacial score (nSPS) is 12.9. The summed E-state index contributed by atoms with van der Waals surface area (Å²) in [5.74, 6) is 0. The van der Waals surface area contributed by atoms with Gasteiger partial charge in [-0.3, -0.25) is 10.2 Å². The van der Waals surface area contributed by atoms with Crippen LogP contribution in [0.15, 0.2) is 117 Å². The summed E-state index contributed by atoms with van der Waals surface area (Å²) in [5.41, 5.74) is 9.98. The van der Waals surface area contributed by atoms with E-state index in [-0.39, 0.29) is 0 Å². The summed E-state index contributed by atoms with van der Waals surface area (Å²) in [4.78, 5) is 0. The maximum atomic E-state index is 4.49. The van der Waals surface area contributed by atoms with Crippen molar-refractivity contribution < 1.29 is 0 Å². The largest absolute Gasteiger partial charge is 0.318 e. The number of H-pyrrole nitrogens is 2. The molecule has 0 radical (unpaired) electrons. The predicted octanol–water partition coefficient (Wildman–Crippen LogP) is 6.18. The highest BCUT2D eigenvalue weighted by Gasteiger charge is 2.10. The minimum Gasteiger partial charge on any atom is -0.318 e. The second kappa shape index (κ2) is 11.5. The van der Waals surface area contributed by atoms with Crippen LogP contribution >= 0.6 is 0 Å². The number of aromatic amines is 2. The van der Waals surface area contributed by atoms with Gasteiger partial charge in [0.2, 0.25) is 0 Å². The molecular formula is C34H32N8. The Hall–Kier alpha value is -5.50. The van der Waals surface area contributed by atoms with Crippen LogP contribution < -0.4 is 11.0 Å². The monoisotopic (exact) mass is 552 g/mol. The van der Waals surface area contributed by atoms with E-state index >= 15 is 0 Å². The molecule has 3 heterocycles. The van der Waals surface area contributed by atoms with Crippen molar-refractivity contribution in [3.63, 3.8) is 0 Å². The lowest BCUT2D eigenvalue weighted by Crippen LogP contribution is -2.20. The SMILES string of the molecule is Cc1cc(/C=N\N=c2\[nH][nH]/c(=N/N=C\c3cc(C)n(-c4ccccc4)c3C)c3ccccc23)c(C)n1-c1ccccc1. The summed E-state index contributed by atoms with van der Waals surface area (Å²) < 4.78 is 4.43. The van der Waals surface area contributed by atoms with Crippen LogP contribution in [0.25, 0.3) is 22.1 Å². The molecule has 0 bridgehead atoms. The first-order valence-corrected chi connectivity index (χ1v) is 13.8. The molecule has 6 rings (SSSR count). The van der Waals surface area contributed by atoms with Crippen LogP contribution in [-0.2, 0) is 0 Å². The van der Waals surface area contributed by atoms with Crippen molar-refractivity contribution >= 4 is 23.2 Å². The Labute approximate surface area is 243 Å². The molecule has 0 fully saturated rings. The van der Waals surface area contributed by atoms with Crippen molar-refractivity contribution in [2.45, 2.75) is 27.7 Å². The van der Waals surface area contributed by atoms with Crippen LogP contribution in [0.3, 0.4) is 0 Å². The molecule has 8 heteroatoms. The number of aryl methyl sites for hydroxylation is 2. The zero-order valence-electron chi connectivity index (χ0n) is 24.1. The molecule has 208 valence electrons. The third kappa shape index (κ3) is 5.17. The van der Waals surface area contributed by atoms with Gasteiger partial charge >= 0.3 is 0 Å². The molecule has 0 atom stereocenters. The summed E-state index contributed by atoms with van der Waals surface area (Å²) in [5, 5.41) is 25.9. The van der Waals surface area contributed by atoms with Crippen LogP contribution in [0.2, 0.25) is 0 Å². The number of hydrogen-bond acceptors (Lipinski definition) is 4. The second-order valence-corrected chi connectivity index (χ2v) is 10.2. The van der Waals surface area contributed by atoms with E-state index in [2.05, 4.69) is 104 Å². The number of hydrogen-bond donors (Lipinski definition) is 2. The number of fused-ring (bicyclic) bond motifs is 1. The molecule has 0 spiro atoms. The number of rotatable bonds is 6. The molecule has 3 aromatic heterocycles. The van der Waals surface area contributed by atoms with E-state index in [1.54, 1.807) is 12.4 Å². The molecule has 0 aliphatic heterocycles. The van der Waals surface area contributed by atoms with Crippen molar-refractivity contribution in [1.29, 1.82) is 0 Å². The zero-order valence-corrected chi connectivity index (χ0v) is 24.1. The van der Waals surface area contributed by atoms with Gasteiger partial charge in [-0.25, -0.2) is 0 Å². The lowest BCUT2D eigenvalue weighted by Gasteiger charge is -2.08. The molecule has 0 saturated heterocycles. The van der Waals surface area contributed by atoms with Crippen molar-refractivity contribution in [3.05, 3.63) is 142 Å². The predicted molar refractivity (Wildman–Crippen MR) is 169 cm³/mol. The van der Waals surface area contributed by atoms with Gasteiger partial charge in [-0.2, -0.15) is 10.2 Å². The van der Waals surface area contributed by atoms with E-state index in [0.29, 0.717) is 11.0 Å². The van der Waals surface area contributed by atoms with E-state index in [1.807, 2.05) is 60.7 Å². The molecule has 0 aliphatic rings. The van der Waals surface area contributed by atoms with Gasteiger partial charge in [0.25, 0.3) is 0 Å². The van der Waals surface area contributed by atoms with Crippen LogP contribution in [-0.4, -0.2) is 31.8 Å². The van der Waals surface area contributed by atoms with Gasteiger partial charge in [-0.1, -0.05) is 60.7 Å². The Balaban J connectivity index is 1.31. The van der Waals surface area contributed by atoms with E-state index in [9.17, 15) is 0 Å². The average molecular weight is 553 g/mol. The smallest absolute Gasteiger partial charge is 0.175 e. The number of nitrogens with zero attached hydrogens (tertiary/aromatic N) is 6. The molecule has 0 unspecified atom stereocenters. The molecule has 42 heavy (non-hydrogen) atoms. The molecule has 3 aromatic carbocycles. The fourth-order valence-electron chi connectivity index (χ4n) is 5.39. The van der Waals surface area contributed by atoms with Gasteiger partial charge in [0.15, 0.2) is 11.0 Å². The number of nitrogens with one attached hydrogen (secondary N) is 2. The van der Waals surface area contributed by atoms with E-state index in [1.165, 1.54) is 0 Å². The third-order valence-electron chi connectivity index (χ3n) is 7.42. The lowest BCUT2D eigenvalue weighted by molar-refractivity contribution is 0.892. The quantitative estimate of drug-likeness (QED) is 0.183. The van der Waals surface area contributed by atoms with Crippen LogP contribution in [0.1, 0.15) is 33.9 Å². The zero-order chi connectivity index (χ0) is 29.1. The molecule has 0 aliphatic carbocycles. The highest BCUT2D eigenvalue weighted by Crippen LogP contribution is 2.20. The second-order valence-electron chi connectivity index (χ2n) is 10.2. The molecule has 6 aromatic rings. The van der Waals surface area contributed by atoms with E-state index < -0.39 is 0 Å². The molecule has 0 amide bonds. The van der Waals surface area contributed by atoms with E-state index in [0.717, 1.165) is 56.0 Å². The molecule has 0 saturated carbocycles. The minimum absolute atomic E-state index is 0.605. The summed E-state index contributed by atoms with van der Waals surface area (Å²) >= 11 is 0. The lowest BCUT2D eigenvalue weighted by atomic mass is 10.2. The Morgan fingerprint density at radius 2 is 0.905 bits per heavy atom. The summed E-state index contributed by atoms with van der Waals surface area (Å²) in [6, 6.07) is 32.8. The van der Waals surface area contributed by atoms with Crippen molar-refractivity contribution in [2.24, 2.45) is 20.4 Å². The first kappa shape index (κ1) is 26.7.